The molecule has 0 unspecified atom stereocenters. The van der Waals surface area contributed by atoms with Gasteiger partial charge < -0.3 is 15.0 Å². The molecule has 0 aliphatic carbocycles. The van der Waals surface area contributed by atoms with Crippen molar-refractivity contribution in [2.75, 3.05) is 31.8 Å². The number of benzene rings is 2. The summed E-state index contributed by atoms with van der Waals surface area (Å²) in [5.74, 6) is 1.10. The predicted molar refractivity (Wildman–Crippen MR) is 106 cm³/mol. The van der Waals surface area contributed by atoms with Crippen LogP contribution in [0.2, 0.25) is 5.02 Å². The van der Waals surface area contributed by atoms with Gasteiger partial charge in [-0.1, -0.05) is 11.6 Å². The van der Waals surface area contributed by atoms with E-state index in [0.29, 0.717) is 28.6 Å². The van der Waals surface area contributed by atoms with Gasteiger partial charge in [0.1, 0.15) is 5.75 Å². The lowest BCUT2D eigenvalue weighted by atomic mass is 10.3. The smallest absolute Gasteiger partial charge is 0.259 e. The molecule has 0 aliphatic heterocycles. The van der Waals surface area contributed by atoms with Crippen molar-refractivity contribution in [2.24, 2.45) is 0 Å². The van der Waals surface area contributed by atoms with Gasteiger partial charge in [-0.05, 0) is 48.5 Å². The maximum Gasteiger partial charge on any atom is 0.259 e. The standard InChI is InChI=1S/C19H21ClN2O3S/c1-22(2)19(24)13-25-16-7-5-15(6-8-16)21-18(23)11-12-26-17-9-3-14(20)4-10-17/h3-10H,11-13H2,1-2H3,(H,21,23). The Morgan fingerprint density at radius 2 is 1.73 bits per heavy atom. The van der Waals surface area contributed by atoms with Gasteiger partial charge in [-0.3, -0.25) is 9.59 Å². The van der Waals surface area contributed by atoms with Crippen LogP contribution in [0.4, 0.5) is 5.69 Å². The summed E-state index contributed by atoms with van der Waals surface area (Å²) >= 11 is 7.45. The summed E-state index contributed by atoms with van der Waals surface area (Å²) in [5, 5.41) is 3.54. The number of thioether (sulfide) groups is 1. The third-order valence-corrected chi connectivity index (χ3v) is 4.68. The third-order valence-electron chi connectivity index (χ3n) is 3.41. The quantitative estimate of drug-likeness (QED) is 0.691. The van der Waals surface area contributed by atoms with E-state index in [1.807, 2.05) is 24.3 Å². The van der Waals surface area contributed by atoms with Gasteiger partial charge in [0.25, 0.3) is 5.91 Å². The molecular formula is C19H21ClN2O3S. The molecule has 5 nitrogen and oxygen atoms in total. The molecule has 0 atom stereocenters. The minimum atomic E-state index is -0.111. The molecule has 7 heteroatoms. The van der Waals surface area contributed by atoms with Gasteiger partial charge in [0.15, 0.2) is 6.61 Å². The van der Waals surface area contributed by atoms with Crippen LogP contribution in [0, 0.1) is 0 Å². The van der Waals surface area contributed by atoms with Crippen molar-refractivity contribution in [3.63, 3.8) is 0 Å². The number of rotatable bonds is 8. The average Bonchev–Trinajstić information content (AvgIpc) is 2.62. The molecule has 2 amide bonds. The van der Waals surface area contributed by atoms with Gasteiger partial charge in [-0.15, -0.1) is 11.8 Å². The average molecular weight is 393 g/mol. The van der Waals surface area contributed by atoms with Crippen molar-refractivity contribution >= 4 is 40.9 Å². The summed E-state index contributed by atoms with van der Waals surface area (Å²) in [4.78, 5) is 26.0. The summed E-state index contributed by atoms with van der Waals surface area (Å²) in [6.45, 7) is -0.0133. The number of ether oxygens (including phenoxy) is 1. The van der Waals surface area contributed by atoms with Gasteiger partial charge in [0.2, 0.25) is 5.91 Å². The van der Waals surface area contributed by atoms with E-state index >= 15 is 0 Å². The first-order valence-electron chi connectivity index (χ1n) is 8.05. The monoisotopic (exact) mass is 392 g/mol. The number of nitrogens with one attached hydrogen (secondary N) is 1. The minimum absolute atomic E-state index is 0.0133. The molecule has 2 aromatic rings. The first-order chi connectivity index (χ1) is 12.4. The van der Waals surface area contributed by atoms with Crippen LogP contribution in [0.3, 0.4) is 0 Å². The second-order valence-electron chi connectivity index (χ2n) is 5.70. The molecule has 0 saturated carbocycles. The molecule has 0 fully saturated rings. The summed E-state index contributed by atoms with van der Waals surface area (Å²) in [6, 6.07) is 14.5. The van der Waals surface area contributed by atoms with Crippen LogP contribution in [0.1, 0.15) is 6.42 Å². The zero-order chi connectivity index (χ0) is 18.9. The van der Waals surface area contributed by atoms with Crippen LogP contribution in [0.5, 0.6) is 5.75 Å². The number of carbonyl (C=O) groups excluding carboxylic acids is 2. The highest BCUT2D eigenvalue weighted by Gasteiger charge is 2.06. The maximum atomic E-state index is 12.0. The minimum Gasteiger partial charge on any atom is -0.484 e. The largest absolute Gasteiger partial charge is 0.484 e. The van der Waals surface area contributed by atoms with E-state index in [9.17, 15) is 9.59 Å². The fourth-order valence-corrected chi connectivity index (χ4v) is 2.90. The van der Waals surface area contributed by atoms with Gasteiger partial charge in [0, 0.05) is 41.9 Å². The van der Waals surface area contributed by atoms with Gasteiger partial charge >= 0.3 is 0 Å². The Morgan fingerprint density at radius 1 is 1.08 bits per heavy atom. The lowest BCUT2D eigenvalue weighted by molar-refractivity contribution is -0.130. The number of likely N-dealkylation sites (N-methyl/N-ethyl adjacent to an activating group) is 1. The zero-order valence-corrected chi connectivity index (χ0v) is 16.3. The maximum absolute atomic E-state index is 12.0. The van der Waals surface area contributed by atoms with Crippen LogP contribution in [0.15, 0.2) is 53.4 Å². The molecule has 26 heavy (non-hydrogen) atoms. The fourth-order valence-electron chi connectivity index (χ4n) is 1.92. The van der Waals surface area contributed by atoms with Crippen LogP contribution >= 0.6 is 23.4 Å². The molecule has 2 aromatic carbocycles. The van der Waals surface area contributed by atoms with Crippen LogP contribution in [0.25, 0.3) is 0 Å². The first kappa shape index (κ1) is 20.1. The first-order valence-corrected chi connectivity index (χ1v) is 9.41. The Kier molecular flexibility index (Phi) is 7.81. The van der Waals surface area contributed by atoms with Crippen molar-refractivity contribution in [3.8, 4) is 5.75 Å². The highest BCUT2D eigenvalue weighted by Crippen LogP contribution is 2.21. The number of carbonyl (C=O) groups is 2. The molecule has 0 radical (unpaired) electrons. The predicted octanol–water partition coefficient (Wildman–Crippen LogP) is 3.93. The van der Waals surface area contributed by atoms with Gasteiger partial charge in [-0.25, -0.2) is 0 Å². The molecule has 0 spiro atoms. The second kappa shape index (κ2) is 10.1. The van der Waals surface area contributed by atoms with E-state index in [1.165, 1.54) is 4.90 Å². The van der Waals surface area contributed by atoms with Crippen LogP contribution < -0.4 is 10.1 Å². The van der Waals surface area contributed by atoms with Gasteiger partial charge in [-0.2, -0.15) is 0 Å². The van der Waals surface area contributed by atoms with Gasteiger partial charge in [0.05, 0.1) is 0 Å². The number of hydrogen-bond donors (Lipinski definition) is 1. The molecule has 0 heterocycles. The third kappa shape index (κ3) is 6.98. The Hall–Kier alpha value is -2.18. The Labute approximate surface area is 162 Å². The topological polar surface area (TPSA) is 58.6 Å². The number of nitrogens with zero attached hydrogens (tertiary/aromatic N) is 1. The Bertz CT molecular complexity index is 733. The van der Waals surface area contributed by atoms with E-state index < -0.39 is 0 Å². The Morgan fingerprint density at radius 3 is 2.35 bits per heavy atom. The van der Waals surface area contributed by atoms with E-state index in [4.69, 9.17) is 16.3 Å². The summed E-state index contributed by atoms with van der Waals surface area (Å²) in [5.41, 5.74) is 0.692. The molecule has 1 N–H and O–H groups in total. The molecule has 138 valence electrons. The molecule has 0 aromatic heterocycles. The second-order valence-corrected chi connectivity index (χ2v) is 7.31. The normalized spacial score (nSPS) is 10.3. The van der Waals surface area contributed by atoms with Crippen molar-refractivity contribution in [2.45, 2.75) is 11.3 Å². The van der Waals surface area contributed by atoms with Crippen molar-refractivity contribution in [1.82, 2.24) is 4.90 Å². The van der Waals surface area contributed by atoms with Crippen LogP contribution in [-0.4, -0.2) is 43.2 Å². The number of amides is 2. The summed E-state index contributed by atoms with van der Waals surface area (Å²) in [7, 11) is 3.35. The summed E-state index contributed by atoms with van der Waals surface area (Å²) < 4.78 is 5.39. The Balaban J connectivity index is 1.73. The SMILES string of the molecule is CN(C)C(=O)COc1ccc(NC(=O)CCSc2ccc(Cl)cc2)cc1. The molecule has 0 bridgehead atoms. The molecule has 0 aliphatic rings. The fraction of sp³-hybridized carbons (Fsp3) is 0.263. The number of anilines is 1. The lowest BCUT2D eigenvalue weighted by Gasteiger charge is -2.11. The highest BCUT2D eigenvalue weighted by atomic mass is 35.5. The lowest BCUT2D eigenvalue weighted by Crippen LogP contribution is -2.27. The van der Waals surface area contributed by atoms with Crippen molar-refractivity contribution < 1.29 is 14.3 Å². The van der Waals surface area contributed by atoms with Crippen LogP contribution in [-0.2, 0) is 9.59 Å². The molecular weight excluding hydrogens is 372 g/mol. The summed E-state index contributed by atoms with van der Waals surface area (Å²) in [6.07, 6.45) is 0.406. The van der Waals surface area contributed by atoms with E-state index in [2.05, 4.69) is 5.32 Å². The number of halogens is 1. The van der Waals surface area contributed by atoms with Crippen molar-refractivity contribution in [3.05, 3.63) is 53.6 Å². The van der Waals surface area contributed by atoms with E-state index in [1.54, 1.807) is 50.1 Å². The molecule has 2 rings (SSSR count). The molecule has 0 saturated heterocycles. The zero-order valence-electron chi connectivity index (χ0n) is 14.7. The van der Waals surface area contributed by atoms with E-state index in [-0.39, 0.29) is 18.4 Å². The number of hydrogen-bond acceptors (Lipinski definition) is 4. The highest BCUT2D eigenvalue weighted by molar-refractivity contribution is 7.99. The van der Waals surface area contributed by atoms with Crippen molar-refractivity contribution in [1.29, 1.82) is 0 Å². The van der Waals surface area contributed by atoms with E-state index in [0.717, 1.165) is 4.90 Å².